The summed E-state index contributed by atoms with van der Waals surface area (Å²) >= 11 is 1.87. The Morgan fingerprint density at radius 2 is 2.00 bits per heavy atom. The molecule has 0 saturated carbocycles. The molecule has 3 heteroatoms. The minimum absolute atomic E-state index is 0.220. The molecule has 2 nitrogen and oxygen atoms in total. The predicted molar refractivity (Wildman–Crippen MR) is 72.6 cm³/mol. The highest BCUT2D eigenvalue weighted by atomic mass is 32.1. The lowest BCUT2D eigenvalue weighted by atomic mass is 9.95. The second-order valence-electron chi connectivity index (χ2n) is 5.23. The van der Waals surface area contributed by atoms with E-state index < -0.39 is 0 Å². The van der Waals surface area contributed by atoms with E-state index in [1.54, 1.807) is 12.5 Å². The maximum atomic E-state index is 5.16. The lowest BCUT2D eigenvalue weighted by Gasteiger charge is -2.16. The minimum atomic E-state index is 0.220. The molecule has 0 aliphatic rings. The third kappa shape index (κ3) is 2.61. The summed E-state index contributed by atoms with van der Waals surface area (Å²) in [6.45, 7) is 6.73. The standard InChI is InChI=1S/C14H19NOS/c1-14(2,3)12-6-5-11(17-12)13(15-4)10-7-8-16-9-10/h5-9,13,15H,1-4H3. The number of furan rings is 1. The third-order valence-electron chi connectivity index (χ3n) is 2.82. The fraction of sp³-hybridized carbons (Fsp3) is 0.429. The van der Waals surface area contributed by atoms with E-state index in [1.807, 2.05) is 24.5 Å². The Balaban J connectivity index is 2.30. The molecule has 0 amide bonds. The van der Waals surface area contributed by atoms with Gasteiger partial charge in [-0.2, -0.15) is 0 Å². The van der Waals surface area contributed by atoms with Gasteiger partial charge in [-0.1, -0.05) is 20.8 Å². The van der Waals surface area contributed by atoms with E-state index in [2.05, 4.69) is 38.2 Å². The van der Waals surface area contributed by atoms with Gasteiger partial charge in [0, 0.05) is 15.3 Å². The summed E-state index contributed by atoms with van der Waals surface area (Å²) in [5.41, 5.74) is 1.40. The maximum absolute atomic E-state index is 5.16. The van der Waals surface area contributed by atoms with Gasteiger partial charge in [0.15, 0.2) is 0 Å². The van der Waals surface area contributed by atoms with Crippen LogP contribution in [-0.4, -0.2) is 7.05 Å². The van der Waals surface area contributed by atoms with Crippen molar-refractivity contribution in [3.63, 3.8) is 0 Å². The van der Waals surface area contributed by atoms with Crippen molar-refractivity contribution in [2.75, 3.05) is 7.05 Å². The molecule has 92 valence electrons. The van der Waals surface area contributed by atoms with Crippen molar-refractivity contribution >= 4 is 11.3 Å². The Morgan fingerprint density at radius 1 is 1.24 bits per heavy atom. The van der Waals surface area contributed by atoms with Crippen LogP contribution in [0.3, 0.4) is 0 Å². The van der Waals surface area contributed by atoms with E-state index in [0.717, 1.165) is 0 Å². The highest BCUT2D eigenvalue weighted by molar-refractivity contribution is 7.12. The van der Waals surface area contributed by atoms with Crippen LogP contribution in [0.2, 0.25) is 0 Å². The van der Waals surface area contributed by atoms with E-state index in [-0.39, 0.29) is 11.5 Å². The SMILES string of the molecule is CNC(c1ccoc1)c1ccc(C(C)(C)C)s1. The van der Waals surface area contributed by atoms with Crippen LogP contribution >= 0.6 is 11.3 Å². The van der Waals surface area contributed by atoms with Crippen molar-refractivity contribution in [2.24, 2.45) is 0 Å². The zero-order valence-corrected chi connectivity index (χ0v) is 11.6. The van der Waals surface area contributed by atoms with Crippen molar-refractivity contribution in [1.29, 1.82) is 0 Å². The molecule has 2 heterocycles. The van der Waals surface area contributed by atoms with E-state index in [1.165, 1.54) is 15.3 Å². The van der Waals surface area contributed by atoms with Gasteiger partial charge in [-0.3, -0.25) is 0 Å². The highest BCUT2D eigenvalue weighted by Gasteiger charge is 2.20. The second kappa shape index (κ2) is 4.67. The van der Waals surface area contributed by atoms with Crippen molar-refractivity contribution in [3.8, 4) is 0 Å². The van der Waals surface area contributed by atoms with Crippen LogP contribution in [0.4, 0.5) is 0 Å². The predicted octanol–water partition coefficient (Wildman–Crippen LogP) is 3.95. The van der Waals surface area contributed by atoms with E-state index in [9.17, 15) is 0 Å². The molecule has 1 atom stereocenters. The van der Waals surface area contributed by atoms with Crippen LogP contribution in [0.5, 0.6) is 0 Å². The van der Waals surface area contributed by atoms with Gasteiger partial charge >= 0.3 is 0 Å². The summed E-state index contributed by atoms with van der Waals surface area (Å²) in [6, 6.07) is 6.68. The Hall–Kier alpha value is -1.06. The average Bonchev–Trinajstić information content (AvgIpc) is 2.87. The molecule has 2 aromatic heterocycles. The van der Waals surface area contributed by atoms with Gasteiger partial charge in [0.05, 0.1) is 18.6 Å². The van der Waals surface area contributed by atoms with Gasteiger partial charge < -0.3 is 9.73 Å². The average molecular weight is 249 g/mol. The van der Waals surface area contributed by atoms with Crippen LogP contribution in [0.25, 0.3) is 0 Å². The highest BCUT2D eigenvalue weighted by Crippen LogP contribution is 2.34. The van der Waals surface area contributed by atoms with Gasteiger partial charge in [0.2, 0.25) is 0 Å². The number of thiophene rings is 1. The molecule has 2 aromatic rings. The largest absolute Gasteiger partial charge is 0.472 e. The van der Waals surface area contributed by atoms with E-state index in [0.29, 0.717) is 0 Å². The van der Waals surface area contributed by atoms with Gasteiger partial charge in [-0.15, -0.1) is 11.3 Å². The first kappa shape index (κ1) is 12.4. The number of nitrogens with one attached hydrogen (secondary N) is 1. The summed E-state index contributed by atoms with van der Waals surface area (Å²) in [5.74, 6) is 0. The van der Waals surface area contributed by atoms with Crippen molar-refractivity contribution in [1.82, 2.24) is 5.32 Å². The van der Waals surface area contributed by atoms with Gasteiger partial charge in [0.1, 0.15) is 0 Å². The Bertz CT molecular complexity index is 465. The number of hydrogen-bond donors (Lipinski definition) is 1. The van der Waals surface area contributed by atoms with Crippen LogP contribution in [0.15, 0.2) is 35.1 Å². The molecule has 0 aliphatic heterocycles. The maximum Gasteiger partial charge on any atom is 0.0954 e. The smallest absolute Gasteiger partial charge is 0.0954 e. The summed E-state index contributed by atoms with van der Waals surface area (Å²) in [4.78, 5) is 2.75. The first-order valence-electron chi connectivity index (χ1n) is 5.82. The van der Waals surface area contributed by atoms with Crippen molar-refractivity contribution in [2.45, 2.75) is 32.2 Å². The molecule has 2 rings (SSSR count). The molecular formula is C14H19NOS. The fourth-order valence-electron chi connectivity index (χ4n) is 1.82. The zero-order valence-electron chi connectivity index (χ0n) is 10.8. The minimum Gasteiger partial charge on any atom is -0.472 e. The quantitative estimate of drug-likeness (QED) is 0.891. The van der Waals surface area contributed by atoms with Crippen LogP contribution in [0.1, 0.15) is 42.1 Å². The molecule has 0 bridgehead atoms. The summed E-state index contributed by atoms with van der Waals surface area (Å²) in [7, 11) is 1.98. The molecule has 17 heavy (non-hydrogen) atoms. The van der Waals surface area contributed by atoms with Crippen molar-refractivity contribution in [3.05, 3.63) is 46.0 Å². The third-order valence-corrected chi connectivity index (χ3v) is 4.39. The zero-order chi connectivity index (χ0) is 12.5. The van der Waals surface area contributed by atoms with Crippen LogP contribution in [0, 0.1) is 0 Å². The number of hydrogen-bond acceptors (Lipinski definition) is 3. The molecule has 0 saturated heterocycles. The van der Waals surface area contributed by atoms with Crippen molar-refractivity contribution < 1.29 is 4.42 Å². The first-order valence-corrected chi connectivity index (χ1v) is 6.63. The fourth-order valence-corrected chi connectivity index (χ4v) is 3.03. The van der Waals surface area contributed by atoms with E-state index >= 15 is 0 Å². The van der Waals surface area contributed by atoms with Gasteiger partial charge in [0.25, 0.3) is 0 Å². The molecule has 0 aromatic carbocycles. The van der Waals surface area contributed by atoms with Crippen LogP contribution in [-0.2, 0) is 5.41 Å². The topological polar surface area (TPSA) is 25.2 Å². The number of rotatable bonds is 3. The lowest BCUT2D eigenvalue weighted by molar-refractivity contribution is 0.558. The lowest BCUT2D eigenvalue weighted by Crippen LogP contribution is -2.15. The normalized spacial score (nSPS) is 13.9. The molecule has 0 aliphatic carbocycles. The summed E-state index contributed by atoms with van der Waals surface area (Å²) in [6.07, 6.45) is 3.52. The van der Waals surface area contributed by atoms with Crippen LogP contribution < -0.4 is 5.32 Å². The van der Waals surface area contributed by atoms with E-state index in [4.69, 9.17) is 4.42 Å². The molecule has 0 radical (unpaired) electrons. The van der Waals surface area contributed by atoms with Gasteiger partial charge in [-0.05, 0) is 30.7 Å². The molecule has 0 spiro atoms. The molecular weight excluding hydrogens is 230 g/mol. The summed E-state index contributed by atoms with van der Waals surface area (Å²) < 4.78 is 5.16. The molecule has 0 fully saturated rings. The van der Waals surface area contributed by atoms with Gasteiger partial charge in [-0.25, -0.2) is 0 Å². The Kier molecular flexibility index (Phi) is 3.40. The molecule has 1 unspecified atom stereocenters. The first-order chi connectivity index (χ1) is 8.02. The summed E-state index contributed by atoms with van der Waals surface area (Å²) in [5, 5.41) is 3.34. The Morgan fingerprint density at radius 3 is 2.47 bits per heavy atom. The Labute approximate surface area is 107 Å². The monoisotopic (exact) mass is 249 g/mol. The molecule has 1 N–H and O–H groups in total. The second-order valence-corrected chi connectivity index (χ2v) is 6.35.